The lowest BCUT2D eigenvalue weighted by molar-refractivity contribution is 0.0589. The van der Waals surface area contributed by atoms with Gasteiger partial charge in [0.25, 0.3) is 0 Å². The molecule has 4 heteroatoms. The second-order valence-corrected chi connectivity index (χ2v) is 6.57. The van der Waals surface area contributed by atoms with E-state index in [9.17, 15) is 0 Å². The lowest BCUT2D eigenvalue weighted by atomic mass is 10.0. The molecule has 0 aromatic carbocycles. The van der Waals surface area contributed by atoms with Crippen LogP contribution in [0.4, 0.5) is 0 Å². The molecule has 0 aromatic heterocycles. The van der Waals surface area contributed by atoms with E-state index in [1.807, 2.05) is 0 Å². The second-order valence-electron chi connectivity index (χ2n) is 6.57. The minimum Gasteiger partial charge on any atom is -0.396 e. The number of aliphatic hydroxyl groups is 1. The Morgan fingerprint density at radius 3 is 2.40 bits per heavy atom. The molecule has 2 aliphatic rings. The lowest BCUT2D eigenvalue weighted by Crippen LogP contribution is -2.54. The van der Waals surface area contributed by atoms with Gasteiger partial charge in [0.1, 0.15) is 0 Å². The average Bonchev–Trinajstić information content (AvgIpc) is 2.48. The highest BCUT2D eigenvalue weighted by Crippen LogP contribution is 2.17. The van der Waals surface area contributed by atoms with Crippen molar-refractivity contribution in [2.45, 2.75) is 44.6 Å². The summed E-state index contributed by atoms with van der Waals surface area (Å²) in [5.74, 6) is 0. The van der Waals surface area contributed by atoms with Crippen molar-refractivity contribution in [3.63, 3.8) is 0 Å². The number of likely N-dealkylation sites (tertiary alicyclic amines) is 1. The van der Waals surface area contributed by atoms with Crippen molar-refractivity contribution in [3.8, 4) is 0 Å². The van der Waals surface area contributed by atoms with Crippen molar-refractivity contribution in [1.29, 1.82) is 0 Å². The standard InChI is InChI=1S/C16H33N3O/c1-17-8-6-7-16(15-17)19-12-10-18(11-13-19)9-4-2-3-5-14-20/h16,20H,2-15H2,1H3/t16-/m1/s1. The Kier molecular flexibility index (Phi) is 7.28. The molecular formula is C16H33N3O. The Morgan fingerprint density at radius 2 is 1.70 bits per heavy atom. The zero-order valence-electron chi connectivity index (χ0n) is 13.3. The van der Waals surface area contributed by atoms with E-state index in [2.05, 4.69) is 21.7 Å². The molecule has 1 atom stereocenters. The predicted octanol–water partition coefficient (Wildman–Crippen LogP) is 1.25. The molecule has 0 saturated carbocycles. The summed E-state index contributed by atoms with van der Waals surface area (Å²) in [4.78, 5) is 7.83. The fourth-order valence-electron chi connectivity index (χ4n) is 3.59. The van der Waals surface area contributed by atoms with Crippen LogP contribution in [0.25, 0.3) is 0 Å². The number of likely N-dealkylation sites (N-methyl/N-ethyl adjacent to an activating group) is 1. The highest BCUT2D eigenvalue weighted by molar-refractivity contribution is 4.83. The van der Waals surface area contributed by atoms with Crippen LogP contribution < -0.4 is 0 Å². The normalized spacial score (nSPS) is 27.0. The topological polar surface area (TPSA) is 30.0 Å². The molecule has 118 valence electrons. The van der Waals surface area contributed by atoms with Gasteiger partial charge in [0, 0.05) is 45.4 Å². The van der Waals surface area contributed by atoms with E-state index in [0.717, 1.165) is 12.5 Å². The smallest absolute Gasteiger partial charge is 0.0431 e. The maximum atomic E-state index is 8.77. The van der Waals surface area contributed by atoms with Crippen LogP contribution in [0, 0.1) is 0 Å². The summed E-state index contributed by atoms with van der Waals surface area (Å²) in [6.45, 7) is 9.18. The Balaban J connectivity index is 1.57. The molecule has 2 fully saturated rings. The van der Waals surface area contributed by atoms with Crippen LogP contribution in [0.15, 0.2) is 0 Å². The molecular weight excluding hydrogens is 250 g/mol. The first-order chi connectivity index (χ1) is 9.79. The van der Waals surface area contributed by atoms with Gasteiger partial charge < -0.3 is 14.9 Å². The molecule has 2 saturated heterocycles. The van der Waals surface area contributed by atoms with Crippen molar-refractivity contribution in [2.24, 2.45) is 0 Å². The van der Waals surface area contributed by atoms with Crippen LogP contribution in [0.2, 0.25) is 0 Å². The van der Waals surface area contributed by atoms with Gasteiger partial charge in [-0.1, -0.05) is 12.8 Å². The number of hydrogen-bond acceptors (Lipinski definition) is 4. The molecule has 1 N–H and O–H groups in total. The number of aliphatic hydroxyl groups excluding tert-OH is 1. The van der Waals surface area contributed by atoms with E-state index >= 15 is 0 Å². The quantitative estimate of drug-likeness (QED) is 0.712. The number of piperazine rings is 1. The SMILES string of the molecule is CN1CCC[C@@H](N2CCN(CCCCCCO)CC2)C1. The summed E-state index contributed by atoms with van der Waals surface area (Å²) >= 11 is 0. The van der Waals surface area contributed by atoms with Gasteiger partial charge in [-0.05, 0) is 45.8 Å². The highest BCUT2D eigenvalue weighted by Gasteiger charge is 2.26. The van der Waals surface area contributed by atoms with Gasteiger partial charge in [0.15, 0.2) is 0 Å². The van der Waals surface area contributed by atoms with Gasteiger partial charge in [-0.2, -0.15) is 0 Å². The Labute approximate surface area is 124 Å². The summed E-state index contributed by atoms with van der Waals surface area (Å²) in [5.41, 5.74) is 0. The van der Waals surface area contributed by atoms with Gasteiger partial charge in [0.2, 0.25) is 0 Å². The van der Waals surface area contributed by atoms with E-state index in [0.29, 0.717) is 6.61 Å². The third kappa shape index (κ3) is 5.32. The van der Waals surface area contributed by atoms with E-state index in [1.165, 1.54) is 77.9 Å². The van der Waals surface area contributed by atoms with Crippen molar-refractivity contribution in [1.82, 2.24) is 14.7 Å². The third-order valence-corrected chi connectivity index (χ3v) is 4.91. The molecule has 2 aliphatic heterocycles. The lowest BCUT2D eigenvalue weighted by Gasteiger charge is -2.42. The largest absolute Gasteiger partial charge is 0.396 e. The summed E-state index contributed by atoms with van der Waals surface area (Å²) in [6.07, 6.45) is 7.49. The van der Waals surface area contributed by atoms with Gasteiger partial charge in [-0.25, -0.2) is 0 Å². The molecule has 0 unspecified atom stereocenters. The molecule has 0 aliphatic carbocycles. The number of hydrogen-bond donors (Lipinski definition) is 1. The summed E-state index contributed by atoms with van der Waals surface area (Å²) in [7, 11) is 2.26. The van der Waals surface area contributed by atoms with Crippen molar-refractivity contribution >= 4 is 0 Å². The number of rotatable bonds is 7. The van der Waals surface area contributed by atoms with Crippen LogP contribution in [0.3, 0.4) is 0 Å². The van der Waals surface area contributed by atoms with Gasteiger partial charge in [-0.3, -0.25) is 4.90 Å². The first kappa shape index (κ1) is 16.2. The van der Waals surface area contributed by atoms with Crippen LogP contribution in [0.1, 0.15) is 38.5 Å². The van der Waals surface area contributed by atoms with E-state index in [-0.39, 0.29) is 0 Å². The maximum absolute atomic E-state index is 8.77. The first-order valence-electron chi connectivity index (χ1n) is 8.55. The van der Waals surface area contributed by atoms with E-state index in [1.54, 1.807) is 0 Å². The Hall–Kier alpha value is -0.160. The monoisotopic (exact) mass is 283 g/mol. The van der Waals surface area contributed by atoms with Crippen molar-refractivity contribution < 1.29 is 5.11 Å². The molecule has 2 heterocycles. The van der Waals surface area contributed by atoms with Crippen molar-refractivity contribution in [2.75, 3.05) is 59.5 Å². The first-order valence-corrected chi connectivity index (χ1v) is 8.55. The fourth-order valence-corrected chi connectivity index (χ4v) is 3.59. The number of unbranched alkanes of at least 4 members (excludes halogenated alkanes) is 3. The Morgan fingerprint density at radius 1 is 0.950 bits per heavy atom. The Bertz CT molecular complexity index is 254. The molecule has 0 bridgehead atoms. The zero-order valence-corrected chi connectivity index (χ0v) is 13.3. The molecule has 20 heavy (non-hydrogen) atoms. The van der Waals surface area contributed by atoms with Crippen LogP contribution in [-0.4, -0.2) is 85.3 Å². The van der Waals surface area contributed by atoms with Gasteiger partial charge in [-0.15, -0.1) is 0 Å². The average molecular weight is 283 g/mol. The minimum absolute atomic E-state index is 0.356. The predicted molar refractivity (Wildman–Crippen MR) is 84.1 cm³/mol. The van der Waals surface area contributed by atoms with Crippen LogP contribution in [-0.2, 0) is 0 Å². The fraction of sp³-hybridized carbons (Fsp3) is 1.00. The maximum Gasteiger partial charge on any atom is 0.0431 e. The van der Waals surface area contributed by atoms with Gasteiger partial charge >= 0.3 is 0 Å². The third-order valence-electron chi connectivity index (χ3n) is 4.91. The molecule has 0 aromatic rings. The molecule has 2 rings (SSSR count). The molecule has 4 nitrogen and oxygen atoms in total. The molecule has 0 spiro atoms. The van der Waals surface area contributed by atoms with E-state index < -0.39 is 0 Å². The van der Waals surface area contributed by atoms with Crippen molar-refractivity contribution in [3.05, 3.63) is 0 Å². The number of nitrogens with zero attached hydrogens (tertiary/aromatic N) is 3. The summed E-state index contributed by atoms with van der Waals surface area (Å²) in [5, 5.41) is 8.77. The van der Waals surface area contributed by atoms with Crippen LogP contribution >= 0.6 is 0 Å². The summed E-state index contributed by atoms with van der Waals surface area (Å²) < 4.78 is 0. The molecule has 0 radical (unpaired) electrons. The summed E-state index contributed by atoms with van der Waals surface area (Å²) in [6, 6.07) is 0.806. The second kappa shape index (κ2) is 8.98. The highest BCUT2D eigenvalue weighted by atomic mass is 16.2. The van der Waals surface area contributed by atoms with Crippen LogP contribution in [0.5, 0.6) is 0 Å². The molecule has 0 amide bonds. The van der Waals surface area contributed by atoms with Gasteiger partial charge in [0.05, 0.1) is 0 Å². The number of piperidine rings is 1. The zero-order chi connectivity index (χ0) is 14.2. The minimum atomic E-state index is 0.356. The van der Waals surface area contributed by atoms with E-state index in [4.69, 9.17) is 5.11 Å².